The van der Waals surface area contributed by atoms with Gasteiger partial charge in [0.05, 0.1) is 0 Å². The summed E-state index contributed by atoms with van der Waals surface area (Å²) >= 11 is 0. The van der Waals surface area contributed by atoms with E-state index in [9.17, 15) is 14.4 Å². The van der Waals surface area contributed by atoms with Crippen molar-refractivity contribution < 1.29 is 14.4 Å². The number of hydrogen-bond acceptors (Lipinski definition) is 3. The molecule has 0 aliphatic rings. The van der Waals surface area contributed by atoms with E-state index in [1.807, 2.05) is 69.3 Å². The molecule has 0 N–H and O–H groups in total. The highest BCUT2D eigenvalue weighted by Crippen LogP contribution is 2.30. The lowest BCUT2D eigenvalue weighted by Gasteiger charge is -2.27. The van der Waals surface area contributed by atoms with Crippen LogP contribution in [0.15, 0.2) is 72.8 Å². The topological polar surface area (TPSA) is 51.2 Å². The molecule has 0 aliphatic heterocycles. The van der Waals surface area contributed by atoms with Crippen molar-refractivity contribution in [2.24, 2.45) is 23.7 Å². The van der Waals surface area contributed by atoms with Crippen molar-refractivity contribution in [2.45, 2.75) is 91.9 Å². The van der Waals surface area contributed by atoms with Crippen LogP contribution in [0.2, 0.25) is 0 Å². The molecular formula is C35H48O3. The largest absolute Gasteiger partial charge is 0.299 e. The first-order chi connectivity index (χ1) is 18.3. The summed E-state index contributed by atoms with van der Waals surface area (Å²) in [6.45, 7) is 8.07. The second-order valence-corrected chi connectivity index (χ2v) is 10.9. The Balaban J connectivity index is 2.11. The molecule has 0 spiro atoms. The second kappa shape index (κ2) is 17.7. The van der Waals surface area contributed by atoms with E-state index in [4.69, 9.17) is 0 Å². The predicted octanol–water partition coefficient (Wildman–Crippen LogP) is 8.40. The molecule has 0 saturated carbocycles. The molecule has 0 saturated heterocycles. The van der Waals surface area contributed by atoms with Crippen LogP contribution in [0.3, 0.4) is 0 Å². The molecule has 0 amide bonds. The van der Waals surface area contributed by atoms with Gasteiger partial charge in [-0.1, -0.05) is 93.6 Å². The van der Waals surface area contributed by atoms with Crippen molar-refractivity contribution in [3.05, 3.63) is 83.9 Å². The third-order valence-electron chi connectivity index (χ3n) is 7.82. The number of carbonyl (C=O) groups excluding carboxylic acids is 3. The third-order valence-corrected chi connectivity index (χ3v) is 7.82. The van der Waals surface area contributed by atoms with Crippen molar-refractivity contribution in [1.82, 2.24) is 0 Å². The van der Waals surface area contributed by atoms with Crippen molar-refractivity contribution in [2.75, 3.05) is 0 Å². The molecule has 206 valence electrons. The van der Waals surface area contributed by atoms with Crippen LogP contribution in [0.1, 0.15) is 90.2 Å². The highest BCUT2D eigenvalue weighted by atomic mass is 16.1. The van der Waals surface area contributed by atoms with Gasteiger partial charge < -0.3 is 0 Å². The molecule has 2 aromatic carbocycles. The van der Waals surface area contributed by atoms with Gasteiger partial charge in [-0.25, -0.2) is 0 Å². The summed E-state index contributed by atoms with van der Waals surface area (Å²) in [5, 5.41) is 0. The molecule has 4 atom stereocenters. The average molecular weight is 517 g/mol. The third kappa shape index (κ3) is 11.3. The highest BCUT2D eigenvalue weighted by Gasteiger charge is 2.34. The van der Waals surface area contributed by atoms with Crippen LogP contribution in [-0.2, 0) is 27.2 Å². The van der Waals surface area contributed by atoms with Gasteiger partial charge in [-0.15, -0.1) is 0 Å². The molecule has 0 aromatic heterocycles. The van der Waals surface area contributed by atoms with E-state index >= 15 is 0 Å². The summed E-state index contributed by atoms with van der Waals surface area (Å²) in [4.78, 5) is 40.2. The summed E-state index contributed by atoms with van der Waals surface area (Å²) in [7, 11) is 0. The number of aryl methyl sites for hydroxylation is 2. The summed E-state index contributed by atoms with van der Waals surface area (Å²) in [5.74, 6) is -0.287. The first kappa shape index (κ1) is 31.4. The van der Waals surface area contributed by atoms with Gasteiger partial charge in [-0.05, 0) is 68.9 Å². The zero-order chi connectivity index (χ0) is 27.8. The zero-order valence-electron chi connectivity index (χ0n) is 24.0. The van der Waals surface area contributed by atoms with Gasteiger partial charge >= 0.3 is 0 Å². The van der Waals surface area contributed by atoms with Crippen LogP contribution in [0.5, 0.6) is 0 Å². The van der Waals surface area contributed by atoms with Crippen LogP contribution in [0.25, 0.3) is 0 Å². The fourth-order valence-corrected chi connectivity index (χ4v) is 5.21. The summed E-state index contributed by atoms with van der Waals surface area (Å²) in [6.07, 6.45) is 11.0. The van der Waals surface area contributed by atoms with E-state index < -0.39 is 5.92 Å². The van der Waals surface area contributed by atoms with Gasteiger partial charge in [0.1, 0.15) is 17.3 Å². The van der Waals surface area contributed by atoms with Crippen molar-refractivity contribution in [3.8, 4) is 0 Å². The van der Waals surface area contributed by atoms with Gasteiger partial charge in [0.25, 0.3) is 0 Å². The van der Waals surface area contributed by atoms with Crippen molar-refractivity contribution >= 4 is 17.3 Å². The molecule has 0 radical (unpaired) electrons. The molecule has 4 unspecified atom stereocenters. The molecule has 3 nitrogen and oxygen atoms in total. The van der Waals surface area contributed by atoms with Crippen LogP contribution in [0, 0.1) is 23.7 Å². The Labute approximate surface area is 231 Å². The number of allylic oxidation sites excluding steroid dienone is 2. The standard InChI is InChI=1S/C35H48O3/c1-5-7-15-27(3)22-24-31(33(36)6-2)32(34(37)25-23-30-19-12-9-13-20-30)26-35(38)28(4)16-14-21-29-17-10-8-11-18-29/h5,7-13,17-20,27-28,31-32H,6,14-16,21-26H2,1-4H3/b7-5-. The minimum atomic E-state index is -0.524. The number of ketones is 3. The summed E-state index contributed by atoms with van der Waals surface area (Å²) in [6, 6.07) is 20.3. The van der Waals surface area contributed by atoms with E-state index in [0.29, 0.717) is 31.6 Å². The Bertz CT molecular complexity index is 992. The van der Waals surface area contributed by atoms with E-state index in [0.717, 1.165) is 37.7 Å². The van der Waals surface area contributed by atoms with Crippen molar-refractivity contribution in [3.63, 3.8) is 0 Å². The van der Waals surface area contributed by atoms with E-state index in [1.165, 1.54) is 5.56 Å². The zero-order valence-corrected chi connectivity index (χ0v) is 24.0. The van der Waals surface area contributed by atoms with Crippen LogP contribution < -0.4 is 0 Å². The number of benzene rings is 2. The van der Waals surface area contributed by atoms with Gasteiger partial charge in [-0.3, -0.25) is 14.4 Å². The molecule has 2 aromatic rings. The lowest BCUT2D eigenvalue weighted by atomic mass is 9.75. The molecule has 0 heterocycles. The SMILES string of the molecule is C/C=C\CC(C)CCC(C(=O)CC)C(CC(=O)C(C)CCCc1ccccc1)C(=O)CCc1ccccc1. The molecule has 2 rings (SSSR count). The lowest BCUT2D eigenvalue weighted by molar-refractivity contribution is -0.136. The minimum absolute atomic E-state index is 0.0617. The number of rotatable bonds is 19. The van der Waals surface area contributed by atoms with Gasteiger partial charge in [0, 0.05) is 37.0 Å². The first-order valence-corrected chi connectivity index (χ1v) is 14.6. The van der Waals surface area contributed by atoms with Gasteiger partial charge in [0.2, 0.25) is 0 Å². The summed E-state index contributed by atoms with van der Waals surface area (Å²) < 4.78 is 0. The maximum Gasteiger partial charge on any atom is 0.137 e. The smallest absolute Gasteiger partial charge is 0.137 e. The van der Waals surface area contributed by atoms with E-state index in [-0.39, 0.29) is 35.6 Å². The maximum atomic E-state index is 13.6. The fourth-order valence-electron chi connectivity index (χ4n) is 5.21. The quantitative estimate of drug-likeness (QED) is 0.176. The Kier molecular flexibility index (Phi) is 14.6. The van der Waals surface area contributed by atoms with Crippen LogP contribution in [0.4, 0.5) is 0 Å². The van der Waals surface area contributed by atoms with Crippen LogP contribution >= 0.6 is 0 Å². The first-order valence-electron chi connectivity index (χ1n) is 14.6. The fraction of sp³-hybridized carbons (Fsp3) is 0.514. The minimum Gasteiger partial charge on any atom is -0.299 e. The van der Waals surface area contributed by atoms with Gasteiger partial charge in [-0.2, -0.15) is 0 Å². The molecular weight excluding hydrogens is 468 g/mol. The number of Topliss-reactive ketones (excluding diaryl/α,β-unsaturated/α-hetero) is 3. The molecule has 3 heteroatoms. The predicted molar refractivity (Wildman–Crippen MR) is 158 cm³/mol. The van der Waals surface area contributed by atoms with Gasteiger partial charge in [0.15, 0.2) is 0 Å². The molecule has 0 fully saturated rings. The molecule has 0 bridgehead atoms. The lowest BCUT2D eigenvalue weighted by Crippen LogP contribution is -2.33. The number of carbonyl (C=O) groups is 3. The number of hydrogen-bond donors (Lipinski definition) is 0. The summed E-state index contributed by atoms with van der Waals surface area (Å²) in [5.41, 5.74) is 2.39. The maximum absolute atomic E-state index is 13.6. The average Bonchev–Trinajstić information content (AvgIpc) is 2.94. The Morgan fingerprint density at radius 2 is 1.34 bits per heavy atom. The Morgan fingerprint density at radius 1 is 0.737 bits per heavy atom. The monoisotopic (exact) mass is 516 g/mol. The van der Waals surface area contributed by atoms with E-state index in [1.54, 1.807) is 0 Å². The molecule has 0 aliphatic carbocycles. The van der Waals surface area contributed by atoms with Crippen molar-refractivity contribution in [1.29, 1.82) is 0 Å². The normalized spacial score (nSPS) is 14.6. The molecule has 38 heavy (non-hydrogen) atoms. The Hall–Kier alpha value is -2.81. The Morgan fingerprint density at radius 3 is 1.92 bits per heavy atom. The van der Waals surface area contributed by atoms with Crippen LogP contribution in [-0.4, -0.2) is 17.3 Å². The van der Waals surface area contributed by atoms with E-state index in [2.05, 4.69) is 31.2 Å². The highest BCUT2D eigenvalue weighted by molar-refractivity contribution is 5.94. The second-order valence-electron chi connectivity index (χ2n) is 10.9.